The number of amides is 3. The van der Waals surface area contributed by atoms with E-state index in [1.165, 1.54) is 37.6 Å². The van der Waals surface area contributed by atoms with E-state index in [0.717, 1.165) is 0 Å². The van der Waals surface area contributed by atoms with Crippen LogP contribution in [0.25, 0.3) is 0 Å². The molecular weight excluding hydrogens is 460 g/mol. The van der Waals surface area contributed by atoms with Gasteiger partial charge in [0.05, 0.1) is 25.0 Å². The monoisotopic (exact) mass is 486 g/mol. The van der Waals surface area contributed by atoms with E-state index in [1.54, 1.807) is 0 Å². The summed E-state index contributed by atoms with van der Waals surface area (Å²) in [7, 11) is 0. The molecule has 35 heavy (non-hydrogen) atoms. The molecule has 0 saturated heterocycles. The van der Waals surface area contributed by atoms with Crippen molar-refractivity contribution in [3.63, 3.8) is 0 Å². The first-order valence-corrected chi connectivity index (χ1v) is 10.6. The zero-order valence-corrected chi connectivity index (χ0v) is 18.5. The Labute approximate surface area is 198 Å². The second-order valence-corrected chi connectivity index (χ2v) is 7.68. The van der Waals surface area contributed by atoms with Crippen LogP contribution in [0.2, 0.25) is 0 Å². The van der Waals surface area contributed by atoms with E-state index in [1.807, 2.05) is 0 Å². The van der Waals surface area contributed by atoms with E-state index in [9.17, 15) is 19.2 Å². The Morgan fingerprint density at radius 2 is 1.23 bits per heavy atom. The Kier molecular flexibility index (Phi) is 8.66. The number of aliphatic carboxylic acids is 1. The maximum absolute atomic E-state index is 13.2. The van der Waals surface area contributed by atoms with Gasteiger partial charge in [0.25, 0.3) is 0 Å². The zero-order chi connectivity index (χ0) is 25.2. The van der Waals surface area contributed by atoms with Gasteiger partial charge in [-0.2, -0.15) is 0 Å². The van der Waals surface area contributed by atoms with Crippen molar-refractivity contribution in [2.75, 3.05) is 6.54 Å². The largest absolute Gasteiger partial charge is 0.480 e. The first kappa shape index (κ1) is 25.1. The fourth-order valence-electron chi connectivity index (χ4n) is 3.21. The lowest BCUT2D eigenvalue weighted by Gasteiger charge is -2.23. The van der Waals surface area contributed by atoms with Gasteiger partial charge in [-0.3, -0.25) is 19.2 Å². The maximum Gasteiger partial charge on any atom is 0.322 e. The molecule has 3 rings (SSSR count). The third kappa shape index (κ3) is 7.78. The molecule has 15 heteroatoms. The van der Waals surface area contributed by atoms with Crippen molar-refractivity contribution in [3.05, 3.63) is 54.7 Å². The third-order valence-corrected chi connectivity index (χ3v) is 4.97. The number of nitrogens with zero attached hydrogens (tertiary/aromatic N) is 3. The van der Waals surface area contributed by atoms with Gasteiger partial charge >= 0.3 is 5.97 Å². The van der Waals surface area contributed by atoms with Crippen molar-refractivity contribution in [2.24, 2.45) is 5.73 Å². The Bertz CT molecular complexity index is 1100. The van der Waals surface area contributed by atoms with E-state index in [4.69, 9.17) is 10.8 Å². The van der Waals surface area contributed by atoms with Gasteiger partial charge in [0.1, 0.15) is 18.6 Å². The fraction of sp³-hybridized carbons (Fsp3) is 0.350. The second kappa shape index (κ2) is 12.1. The summed E-state index contributed by atoms with van der Waals surface area (Å²) < 4.78 is 0. The van der Waals surface area contributed by atoms with Crippen LogP contribution in [-0.2, 0) is 38.4 Å². The van der Waals surface area contributed by atoms with Crippen molar-refractivity contribution in [2.45, 2.75) is 37.4 Å². The van der Waals surface area contributed by atoms with Gasteiger partial charge < -0.3 is 41.7 Å². The standard InChI is InChI=1S/C20H26N10O5/c21-14(1-11-4-22-8-26-11)18(33)29-16(3-13-6-24-10-28-13)20(35)30-15(2-12-5-23-9-27-12)19(34)25-7-17(31)32/h4-6,8-10,14-16H,1-3,7,21H2,(H,22,26)(H,23,27)(H,24,28)(H,25,34)(H,29,33)(H,30,35)(H,31,32). The first-order chi connectivity index (χ1) is 16.8. The lowest BCUT2D eigenvalue weighted by atomic mass is 10.1. The predicted octanol–water partition coefficient (Wildman–Crippen LogP) is -2.62. The molecule has 0 radical (unpaired) electrons. The summed E-state index contributed by atoms with van der Waals surface area (Å²) in [5.41, 5.74) is 7.75. The second-order valence-electron chi connectivity index (χ2n) is 7.68. The van der Waals surface area contributed by atoms with Gasteiger partial charge in [-0.1, -0.05) is 0 Å². The molecule has 3 aromatic heterocycles. The molecule has 3 heterocycles. The van der Waals surface area contributed by atoms with Crippen molar-refractivity contribution in [3.8, 4) is 0 Å². The van der Waals surface area contributed by atoms with Crippen molar-refractivity contribution >= 4 is 23.7 Å². The molecule has 3 unspecified atom stereocenters. The molecule has 0 aromatic carbocycles. The summed E-state index contributed by atoms with van der Waals surface area (Å²) in [6.45, 7) is -0.620. The molecule has 3 amide bonds. The Morgan fingerprint density at radius 1 is 0.771 bits per heavy atom. The third-order valence-electron chi connectivity index (χ3n) is 4.97. The van der Waals surface area contributed by atoms with Gasteiger partial charge in [0, 0.05) is 54.9 Å². The Morgan fingerprint density at radius 3 is 1.69 bits per heavy atom. The van der Waals surface area contributed by atoms with Crippen LogP contribution < -0.4 is 21.7 Å². The minimum atomic E-state index is -1.24. The van der Waals surface area contributed by atoms with Crippen LogP contribution in [0.3, 0.4) is 0 Å². The predicted molar refractivity (Wildman–Crippen MR) is 119 cm³/mol. The van der Waals surface area contributed by atoms with E-state index in [0.29, 0.717) is 17.1 Å². The summed E-state index contributed by atoms with van der Waals surface area (Å²) in [5, 5.41) is 16.3. The summed E-state index contributed by atoms with van der Waals surface area (Å²) in [5.74, 6) is -3.20. The number of hydrogen-bond acceptors (Lipinski definition) is 8. The summed E-state index contributed by atoms with van der Waals surface area (Å²) >= 11 is 0. The average molecular weight is 486 g/mol. The Balaban J connectivity index is 1.72. The number of carbonyl (C=O) groups excluding carboxylic acids is 3. The molecule has 9 N–H and O–H groups in total. The molecule has 0 fully saturated rings. The molecule has 3 atom stereocenters. The average Bonchev–Trinajstić information content (AvgIpc) is 3.60. The first-order valence-electron chi connectivity index (χ1n) is 10.6. The van der Waals surface area contributed by atoms with Crippen LogP contribution in [0.4, 0.5) is 0 Å². The SMILES string of the molecule is NC(Cc1cnc[nH]1)C(=O)NC(Cc1cnc[nH]1)C(=O)NC(Cc1cnc[nH]1)C(=O)NCC(=O)O. The molecule has 0 aliphatic heterocycles. The topological polar surface area (TPSA) is 237 Å². The zero-order valence-electron chi connectivity index (χ0n) is 18.5. The van der Waals surface area contributed by atoms with Crippen LogP contribution in [0, 0.1) is 0 Å². The molecule has 3 aromatic rings. The minimum absolute atomic E-state index is 0.0151. The number of rotatable bonds is 13. The highest BCUT2D eigenvalue weighted by atomic mass is 16.4. The number of aromatic amines is 3. The lowest BCUT2D eigenvalue weighted by Crippen LogP contribution is -2.57. The summed E-state index contributed by atoms with van der Waals surface area (Å²) in [4.78, 5) is 69.6. The summed E-state index contributed by atoms with van der Waals surface area (Å²) in [6.07, 6.45) is 9.04. The number of carboxylic acid groups (broad SMARTS) is 1. The Hall–Kier alpha value is -4.53. The van der Waals surface area contributed by atoms with E-state index in [-0.39, 0.29) is 19.3 Å². The van der Waals surface area contributed by atoms with Crippen LogP contribution >= 0.6 is 0 Å². The minimum Gasteiger partial charge on any atom is -0.480 e. The molecule has 0 spiro atoms. The van der Waals surface area contributed by atoms with Gasteiger partial charge in [0.15, 0.2) is 0 Å². The molecule has 0 bridgehead atoms. The normalized spacial score (nSPS) is 13.4. The molecular formula is C20H26N10O5. The number of carbonyl (C=O) groups is 4. The van der Waals surface area contributed by atoms with Crippen LogP contribution in [0.5, 0.6) is 0 Å². The molecule has 0 saturated carbocycles. The van der Waals surface area contributed by atoms with Crippen molar-refractivity contribution < 1.29 is 24.3 Å². The van der Waals surface area contributed by atoms with Gasteiger partial charge in [-0.15, -0.1) is 0 Å². The van der Waals surface area contributed by atoms with Crippen molar-refractivity contribution in [1.82, 2.24) is 45.9 Å². The van der Waals surface area contributed by atoms with Crippen LogP contribution in [0.1, 0.15) is 17.1 Å². The highest BCUT2D eigenvalue weighted by molar-refractivity contribution is 5.94. The van der Waals surface area contributed by atoms with E-state index < -0.39 is 48.4 Å². The smallest absolute Gasteiger partial charge is 0.322 e. The van der Waals surface area contributed by atoms with E-state index >= 15 is 0 Å². The van der Waals surface area contributed by atoms with E-state index in [2.05, 4.69) is 45.9 Å². The number of nitrogens with two attached hydrogens (primary N) is 1. The molecule has 15 nitrogen and oxygen atoms in total. The molecule has 0 aliphatic carbocycles. The number of hydrogen-bond donors (Lipinski definition) is 8. The number of aromatic nitrogens is 6. The van der Waals surface area contributed by atoms with Gasteiger partial charge in [0.2, 0.25) is 17.7 Å². The van der Waals surface area contributed by atoms with Crippen molar-refractivity contribution in [1.29, 1.82) is 0 Å². The fourth-order valence-corrected chi connectivity index (χ4v) is 3.21. The lowest BCUT2D eigenvalue weighted by molar-refractivity contribution is -0.138. The quantitative estimate of drug-likeness (QED) is 0.126. The highest BCUT2D eigenvalue weighted by Crippen LogP contribution is 2.05. The maximum atomic E-state index is 13.2. The molecule has 0 aliphatic rings. The van der Waals surface area contributed by atoms with Crippen LogP contribution in [-0.4, -0.2) is 83.4 Å². The number of nitrogens with one attached hydrogen (secondary N) is 6. The summed E-state index contributed by atoms with van der Waals surface area (Å²) in [6, 6.07) is -3.21. The van der Waals surface area contributed by atoms with Crippen LogP contribution in [0.15, 0.2) is 37.6 Å². The number of H-pyrrole nitrogens is 3. The number of carboxylic acids is 1. The van der Waals surface area contributed by atoms with Gasteiger partial charge in [-0.25, -0.2) is 15.0 Å². The number of imidazole rings is 3. The van der Waals surface area contributed by atoms with Gasteiger partial charge in [-0.05, 0) is 0 Å². The molecule has 186 valence electrons. The highest BCUT2D eigenvalue weighted by Gasteiger charge is 2.29.